The zero-order valence-electron chi connectivity index (χ0n) is 12.2. The van der Waals surface area contributed by atoms with Crippen LogP contribution in [0.25, 0.3) is 0 Å². The Labute approximate surface area is 120 Å². The number of anilines is 1. The van der Waals surface area contributed by atoms with E-state index < -0.39 is 0 Å². The van der Waals surface area contributed by atoms with Gasteiger partial charge in [0, 0.05) is 38.2 Å². The highest BCUT2D eigenvalue weighted by Gasteiger charge is 2.20. The molecule has 4 nitrogen and oxygen atoms in total. The van der Waals surface area contributed by atoms with Crippen molar-refractivity contribution in [1.82, 2.24) is 10.3 Å². The Morgan fingerprint density at radius 1 is 1.47 bits per heavy atom. The molecule has 0 bridgehead atoms. The van der Waals surface area contributed by atoms with Gasteiger partial charge in [0.05, 0.1) is 5.69 Å². The van der Waals surface area contributed by atoms with Gasteiger partial charge in [-0.15, -0.1) is 11.3 Å². The molecule has 1 aliphatic heterocycles. The van der Waals surface area contributed by atoms with Gasteiger partial charge in [-0.05, 0) is 25.3 Å². The zero-order valence-corrected chi connectivity index (χ0v) is 13.0. The van der Waals surface area contributed by atoms with Gasteiger partial charge in [0.2, 0.25) is 0 Å². The summed E-state index contributed by atoms with van der Waals surface area (Å²) in [6.45, 7) is 8.11. The van der Waals surface area contributed by atoms with Gasteiger partial charge in [0.25, 0.3) is 0 Å². The average molecular weight is 283 g/mol. The zero-order chi connectivity index (χ0) is 13.7. The minimum atomic E-state index is 0.580. The summed E-state index contributed by atoms with van der Waals surface area (Å²) in [6.07, 6.45) is 2.22. The van der Waals surface area contributed by atoms with Gasteiger partial charge < -0.3 is 15.0 Å². The maximum Gasteiger partial charge on any atom is 0.185 e. The maximum atomic E-state index is 5.41. The Morgan fingerprint density at radius 3 is 2.89 bits per heavy atom. The van der Waals surface area contributed by atoms with Crippen LogP contribution in [0.3, 0.4) is 0 Å². The lowest BCUT2D eigenvalue weighted by Crippen LogP contribution is -2.36. The lowest BCUT2D eigenvalue weighted by molar-refractivity contribution is 0.0855. The molecule has 0 spiro atoms. The number of hydrogen-bond acceptors (Lipinski definition) is 5. The highest BCUT2D eigenvalue weighted by Crippen LogP contribution is 2.24. The summed E-state index contributed by atoms with van der Waals surface area (Å²) in [6, 6.07) is 0.580. The fourth-order valence-electron chi connectivity index (χ4n) is 2.26. The van der Waals surface area contributed by atoms with E-state index in [0.29, 0.717) is 12.0 Å². The second-order valence-electron chi connectivity index (χ2n) is 5.60. The number of nitrogens with zero attached hydrogens (tertiary/aromatic N) is 2. The van der Waals surface area contributed by atoms with E-state index in [-0.39, 0.29) is 0 Å². The Hall–Kier alpha value is -0.650. The van der Waals surface area contributed by atoms with Crippen LogP contribution in [0, 0.1) is 5.92 Å². The van der Waals surface area contributed by atoms with Crippen LogP contribution in [-0.2, 0) is 11.3 Å². The second kappa shape index (κ2) is 7.22. The molecular formula is C14H25N3OS. The molecule has 5 heteroatoms. The number of ether oxygens (including phenoxy) is 1. The van der Waals surface area contributed by atoms with Crippen molar-refractivity contribution >= 4 is 16.5 Å². The van der Waals surface area contributed by atoms with Crippen LogP contribution in [-0.4, -0.2) is 37.8 Å². The van der Waals surface area contributed by atoms with Gasteiger partial charge in [-0.2, -0.15) is 0 Å². The number of rotatable bonds is 6. The predicted octanol–water partition coefficient (Wildman–Crippen LogP) is 2.50. The molecule has 0 aliphatic carbocycles. The highest BCUT2D eigenvalue weighted by atomic mass is 32.1. The van der Waals surface area contributed by atoms with E-state index in [1.54, 1.807) is 11.3 Å². The third-order valence-corrected chi connectivity index (χ3v) is 4.42. The van der Waals surface area contributed by atoms with Gasteiger partial charge in [-0.1, -0.05) is 13.8 Å². The van der Waals surface area contributed by atoms with E-state index >= 15 is 0 Å². The van der Waals surface area contributed by atoms with Gasteiger partial charge >= 0.3 is 0 Å². The number of nitrogens with one attached hydrogen (secondary N) is 1. The van der Waals surface area contributed by atoms with Gasteiger partial charge in [-0.3, -0.25) is 0 Å². The lowest BCUT2D eigenvalue weighted by Gasteiger charge is -2.30. The van der Waals surface area contributed by atoms with Gasteiger partial charge in [-0.25, -0.2) is 4.98 Å². The van der Waals surface area contributed by atoms with Crippen LogP contribution in [0.15, 0.2) is 5.38 Å². The molecular weight excluding hydrogens is 258 g/mol. The molecule has 0 amide bonds. The summed E-state index contributed by atoms with van der Waals surface area (Å²) in [5.41, 5.74) is 1.15. The standard InChI is InChI=1S/C14H25N3OS/c1-11(2)8-15-9-12-10-19-14(16-12)17(3)13-4-6-18-7-5-13/h10-11,13,15H,4-9H2,1-3H3. The molecule has 2 rings (SSSR count). The first-order valence-electron chi connectivity index (χ1n) is 7.12. The third-order valence-electron chi connectivity index (χ3n) is 3.44. The molecule has 1 N–H and O–H groups in total. The summed E-state index contributed by atoms with van der Waals surface area (Å²) in [4.78, 5) is 7.04. The molecule has 0 saturated carbocycles. The summed E-state index contributed by atoms with van der Waals surface area (Å²) in [5.74, 6) is 0.683. The van der Waals surface area contributed by atoms with Crippen LogP contribution in [0.5, 0.6) is 0 Å². The molecule has 0 radical (unpaired) electrons. The summed E-state index contributed by atoms with van der Waals surface area (Å²) < 4.78 is 5.41. The van der Waals surface area contributed by atoms with E-state index in [4.69, 9.17) is 9.72 Å². The van der Waals surface area contributed by atoms with Crippen molar-refractivity contribution in [3.8, 4) is 0 Å². The molecule has 1 aromatic rings. The van der Waals surface area contributed by atoms with Crippen LogP contribution in [0.4, 0.5) is 5.13 Å². The van der Waals surface area contributed by atoms with Crippen LogP contribution < -0.4 is 10.2 Å². The van der Waals surface area contributed by atoms with Crippen molar-refractivity contribution in [2.45, 2.75) is 39.3 Å². The van der Waals surface area contributed by atoms with Crippen molar-refractivity contribution in [3.63, 3.8) is 0 Å². The van der Waals surface area contributed by atoms with Crippen LogP contribution in [0.1, 0.15) is 32.4 Å². The van der Waals surface area contributed by atoms with Crippen LogP contribution >= 0.6 is 11.3 Å². The minimum Gasteiger partial charge on any atom is -0.381 e. The average Bonchev–Trinajstić information content (AvgIpc) is 2.87. The normalized spacial score (nSPS) is 17.1. The molecule has 19 heavy (non-hydrogen) atoms. The van der Waals surface area contributed by atoms with Crippen molar-refractivity contribution in [2.24, 2.45) is 5.92 Å². The van der Waals surface area contributed by atoms with Crippen molar-refractivity contribution in [3.05, 3.63) is 11.1 Å². The largest absolute Gasteiger partial charge is 0.381 e. The van der Waals surface area contributed by atoms with Gasteiger partial charge in [0.1, 0.15) is 0 Å². The minimum absolute atomic E-state index is 0.580. The molecule has 1 aromatic heterocycles. The second-order valence-corrected chi connectivity index (χ2v) is 6.44. The molecule has 108 valence electrons. The quantitative estimate of drug-likeness (QED) is 0.870. The predicted molar refractivity (Wildman–Crippen MR) is 80.9 cm³/mol. The SMILES string of the molecule is CC(C)CNCc1csc(N(C)C2CCOCC2)n1. The van der Waals surface area contributed by atoms with Crippen molar-refractivity contribution in [2.75, 3.05) is 31.7 Å². The van der Waals surface area contributed by atoms with Gasteiger partial charge in [0.15, 0.2) is 5.13 Å². The topological polar surface area (TPSA) is 37.4 Å². The number of aromatic nitrogens is 1. The molecule has 1 aliphatic rings. The van der Waals surface area contributed by atoms with E-state index in [1.807, 2.05) is 0 Å². The van der Waals surface area contributed by atoms with Crippen LogP contribution in [0.2, 0.25) is 0 Å². The third kappa shape index (κ3) is 4.44. The maximum absolute atomic E-state index is 5.41. The molecule has 1 fully saturated rings. The fourth-order valence-corrected chi connectivity index (χ4v) is 3.12. The summed E-state index contributed by atoms with van der Waals surface area (Å²) >= 11 is 1.74. The monoisotopic (exact) mass is 283 g/mol. The molecule has 0 unspecified atom stereocenters. The molecule has 0 atom stereocenters. The summed E-state index contributed by atoms with van der Waals surface area (Å²) in [7, 11) is 2.15. The van der Waals surface area contributed by atoms with Crippen molar-refractivity contribution < 1.29 is 4.74 Å². The fraction of sp³-hybridized carbons (Fsp3) is 0.786. The van der Waals surface area contributed by atoms with E-state index in [1.165, 1.54) is 0 Å². The first kappa shape index (κ1) is 14.8. The Kier molecular flexibility index (Phi) is 5.60. The van der Waals surface area contributed by atoms with E-state index in [9.17, 15) is 0 Å². The molecule has 0 aromatic carbocycles. The first-order chi connectivity index (χ1) is 9.16. The van der Waals surface area contributed by atoms with E-state index in [0.717, 1.165) is 50.0 Å². The number of hydrogen-bond donors (Lipinski definition) is 1. The Morgan fingerprint density at radius 2 is 2.21 bits per heavy atom. The molecule has 2 heterocycles. The molecule has 1 saturated heterocycles. The van der Waals surface area contributed by atoms with E-state index in [2.05, 4.69) is 36.5 Å². The van der Waals surface area contributed by atoms with Crippen molar-refractivity contribution in [1.29, 1.82) is 0 Å². The highest BCUT2D eigenvalue weighted by molar-refractivity contribution is 7.13. The Bertz CT molecular complexity index is 375. The summed E-state index contributed by atoms with van der Waals surface area (Å²) in [5, 5.41) is 6.74. The smallest absolute Gasteiger partial charge is 0.185 e. The Balaban J connectivity index is 1.85. The number of thiazole rings is 1. The lowest BCUT2D eigenvalue weighted by atomic mass is 10.1. The first-order valence-corrected chi connectivity index (χ1v) is 8.00.